The van der Waals surface area contributed by atoms with Crippen LogP contribution in [0.4, 0.5) is 0 Å². The van der Waals surface area contributed by atoms with Crippen molar-refractivity contribution in [3.8, 4) is 0 Å². The summed E-state index contributed by atoms with van der Waals surface area (Å²) in [6.45, 7) is 2.27. The summed E-state index contributed by atoms with van der Waals surface area (Å²) in [4.78, 5) is 0. The molecule has 0 amide bonds. The number of hydrogen-bond acceptors (Lipinski definition) is 3. The van der Waals surface area contributed by atoms with Crippen LogP contribution in [0.2, 0.25) is 0 Å². The average Bonchev–Trinajstić information content (AvgIpc) is 2.74. The number of allylic oxidation sites excluding steroid dienone is 2. The van der Waals surface area contributed by atoms with Crippen LogP contribution in [0.15, 0.2) is 46.6 Å². The molecule has 4 rings (SSSR count). The Morgan fingerprint density at radius 1 is 1.19 bits per heavy atom. The molecule has 4 N–H and O–H groups in total. The molecular weight excluding hydrogens is 262 g/mol. The Kier molecular flexibility index (Phi) is 2.69. The van der Waals surface area contributed by atoms with E-state index in [0.29, 0.717) is 0 Å². The van der Waals surface area contributed by atoms with Gasteiger partial charge in [-0.3, -0.25) is 0 Å². The van der Waals surface area contributed by atoms with Gasteiger partial charge in [-0.05, 0) is 59.8 Å². The van der Waals surface area contributed by atoms with E-state index in [9.17, 15) is 10.2 Å². The normalized spacial score (nSPS) is 44.8. The van der Waals surface area contributed by atoms with Gasteiger partial charge >= 0.3 is 0 Å². The molecule has 4 atom stereocenters. The summed E-state index contributed by atoms with van der Waals surface area (Å²) < 4.78 is 0. The minimum Gasteiger partial charge on any atom is -0.389 e. The van der Waals surface area contributed by atoms with Crippen molar-refractivity contribution in [1.82, 2.24) is 0 Å². The lowest BCUT2D eigenvalue weighted by molar-refractivity contribution is 0.176. The van der Waals surface area contributed by atoms with Crippen molar-refractivity contribution in [2.24, 2.45) is 11.1 Å². The monoisotopic (exact) mass is 285 g/mol. The average molecular weight is 285 g/mol. The minimum absolute atomic E-state index is 0.119. The van der Waals surface area contributed by atoms with Gasteiger partial charge in [-0.15, -0.1) is 0 Å². The van der Waals surface area contributed by atoms with Crippen LogP contribution in [0.3, 0.4) is 0 Å². The van der Waals surface area contributed by atoms with Crippen molar-refractivity contribution < 1.29 is 10.2 Å². The van der Waals surface area contributed by atoms with Crippen LogP contribution in [-0.2, 0) is 0 Å². The zero-order chi connectivity index (χ0) is 14.8. The molecule has 0 radical (unpaired) electrons. The van der Waals surface area contributed by atoms with E-state index in [-0.39, 0.29) is 11.5 Å². The molecule has 21 heavy (non-hydrogen) atoms. The largest absolute Gasteiger partial charge is 0.389 e. The number of aliphatic hydroxyl groups excluding tert-OH is 2. The summed E-state index contributed by atoms with van der Waals surface area (Å²) in [7, 11) is 0. The fraction of sp³-hybridized carbons (Fsp3) is 0.556. The molecule has 0 heterocycles. The van der Waals surface area contributed by atoms with E-state index in [4.69, 9.17) is 5.73 Å². The molecule has 4 aliphatic rings. The zero-order valence-corrected chi connectivity index (χ0v) is 12.5. The van der Waals surface area contributed by atoms with E-state index >= 15 is 0 Å². The second-order valence-electron chi connectivity index (χ2n) is 7.28. The van der Waals surface area contributed by atoms with Gasteiger partial charge in [0, 0.05) is 0 Å². The van der Waals surface area contributed by atoms with Crippen LogP contribution in [0.5, 0.6) is 0 Å². The molecule has 0 aromatic rings. The van der Waals surface area contributed by atoms with Gasteiger partial charge in [0.15, 0.2) is 0 Å². The third-order valence-electron chi connectivity index (χ3n) is 5.89. The van der Waals surface area contributed by atoms with Crippen LogP contribution < -0.4 is 5.73 Å². The maximum atomic E-state index is 10.1. The molecule has 0 aliphatic heterocycles. The molecule has 0 fully saturated rings. The first-order chi connectivity index (χ1) is 9.92. The van der Waals surface area contributed by atoms with Crippen LogP contribution in [0.25, 0.3) is 0 Å². The molecule has 0 saturated heterocycles. The van der Waals surface area contributed by atoms with Crippen LogP contribution in [0.1, 0.15) is 39.0 Å². The highest BCUT2D eigenvalue weighted by Gasteiger charge is 2.47. The number of nitrogens with two attached hydrogens (primary N) is 1. The number of aliphatic hydroxyl groups is 2. The number of fused-ring (bicyclic) bond motifs is 4. The summed E-state index contributed by atoms with van der Waals surface area (Å²) in [5.74, 6) is 0. The molecular formula is C18H23NO2. The first-order valence-corrected chi connectivity index (χ1v) is 7.93. The Labute approximate surface area is 125 Å². The third kappa shape index (κ3) is 1.78. The van der Waals surface area contributed by atoms with Gasteiger partial charge in [0.05, 0.1) is 17.7 Å². The van der Waals surface area contributed by atoms with Gasteiger partial charge in [0.25, 0.3) is 0 Å². The maximum absolute atomic E-state index is 10.1. The van der Waals surface area contributed by atoms with Gasteiger partial charge < -0.3 is 15.9 Å². The van der Waals surface area contributed by atoms with E-state index in [1.54, 1.807) is 6.08 Å². The van der Waals surface area contributed by atoms with E-state index in [1.165, 1.54) is 16.7 Å². The maximum Gasteiger partial charge on any atom is 0.0907 e. The molecule has 112 valence electrons. The van der Waals surface area contributed by atoms with Gasteiger partial charge in [-0.25, -0.2) is 0 Å². The molecule has 3 heteroatoms. The molecule has 0 spiro atoms. The van der Waals surface area contributed by atoms with Gasteiger partial charge in [-0.1, -0.05) is 31.2 Å². The standard InChI is InChI=1S/C18H23NO2/c1-17-6-5-15-14(16(17)9-13(21)10-17)3-2-11-8-12(20)4-7-18(11,15)19/h4,7-9,12-13,20-21H,2-3,5-6,10,19H2,1H3/t12?,13-,17-,18+/m1/s1. The zero-order valence-electron chi connectivity index (χ0n) is 12.5. The highest BCUT2D eigenvalue weighted by Crippen LogP contribution is 2.56. The van der Waals surface area contributed by atoms with Crippen LogP contribution in [-0.4, -0.2) is 28.0 Å². The van der Waals surface area contributed by atoms with Crippen LogP contribution >= 0.6 is 0 Å². The highest BCUT2D eigenvalue weighted by molar-refractivity contribution is 5.58. The Morgan fingerprint density at radius 3 is 2.81 bits per heavy atom. The fourth-order valence-corrected chi connectivity index (χ4v) is 4.78. The lowest BCUT2D eigenvalue weighted by Gasteiger charge is -2.46. The predicted octanol–water partition coefficient (Wildman–Crippen LogP) is 2.12. The Bertz CT molecular complexity index is 627. The smallest absolute Gasteiger partial charge is 0.0907 e. The summed E-state index contributed by atoms with van der Waals surface area (Å²) in [6, 6.07) is 0. The van der Waals surface area contributed by atoms with E-state index in [0.717, 1.165) is 37.7 Å². The minimum atomic E-state index is -0.511. The van der Waals surface area contributed by atoms with Gasteiger partial charge in [0.1, 0.15) is 0 Å². The lowest BCUT2D eigenvalue weighted by atomic mass is 9.60. The van der Waals surface area contributed by atoms with E-state index < -0.39 is 11.6 Å². The summed E-state index contributed by atoms with van der Waals surface area (Å²) in [5.41, 5.74) is 11.5. The van der Waals surface area contributed by atoms with Crippen molar-refractivity contribution in [3.63, 3.8) is 0 Å². The first-order valence-electron chi connectivity index (χ1n) is 7.93. The summed E-state index contributed by atoms with van der Waals surface area (Å²) in [6.07, 6.45) is 11.7. The fourth-order valence-electron chi connectivity index (χ4n) is 4.78. The molecule has 0 aromatic heterocycles. The number of hydrogen-bond donors (Lipinski definition) is 3. The second-order valence-corrected chi connectivity index (χ2v) is 7.28. The first kappa shape index (κ1) is 13.5. The highest BCUT2D eigenvalue weighted by atomic mass is 16.3. The van der Waals surface area contributed by atoms with Crippen molar-refractivity contribution in [2.45, 2.75) is 56.8 Å². The van der Waals surface area contributed by atoms with Crippen LogP contribution in [0, 0.1) is 5.41 Å². The molecule has 1 unspecified atom stereocenters. The third-order valence-corrected chi connectivity index (χ3v) is 5.89. The van der Waals surface area contributed by atoms with Gasteiger partial charge in [0.2, 0.25) is 0 Å². The van der Waals surface area contributed by atoms with Gasteiger partial charge in [-0.2, -0.15) is 0 Å². The molecule has 3 nitrogen and oxygen atoms in total. The second kappa shape index (κ2) is 4.19. The summed E-state index contributed by atoms with van der Waals surface area (Å²) in [5, 5.41) is 19.9. The SMILES string of the molecule is C[C@]12CCC3=C(CCC4=CC(O)C=C[C@]43N)C1=C[C@@H](O)C2. The Morgan fingerprint density at radius 2 is 2.00 bits per heavy atom. The molecule has 0 bridgehead atoms. The Hall–Kier alpha value is -1.16. The molecule has 4 aliphatic carbocycles. The quantitative estimate of drug-likeness (QED) is 0.597. The predicted molar refractivity (Wildman–Crippen MR) is 82.5 cm³/mol. The van der Waals surface area contributed by atoms with Crippen molar-refractivity contribution in [2.75, 3.05) is 0 Å². The topological polar surface area (TPSA) is 66.5 Å². The van der Waals surface area contributed by atoms with Crippen molar-refractivity contribution in [1.29, 1.82) is 0 Å². The molecule has 0 aromatic carbocycles. The van der Waals surface area contributed by atoms with E-state index in [2.05, 4.69) is 6.92 Å². The summed E-state index contributed by atoms with van der Waals surface area (Å²) >= 11 is 0. The number of rotatable bonds is 0. The molecule has 0 saturated carbocycles. The Balaban J connectivity index is 1.85. The van der Waals surface area contributed by atoms with Crippen molar-refractivity contribution in [3.05, 3.63) is 46.6 Å². The van der Waals surface area contributed by atoms with Crippen molar-refractivity contribution >= 4 is 0 Å². The lowest BCUT2D eigenvalue weighted by Crippen LogP contribution is -2.48. The van der Waals surface area contributed by atoms with E-state index in [1.807, 2.05) is 18.2 Å².